The highest BCUT2D eigenvalue weighted by Gasteiger charge is 2.33. The number of anilines is 1. The molecule has 0 bridgehead atoms. The number of halogens is 3. The van der Waals surface area contributed by atoms with E-state index in [-0.39, 0.29) is 16.7 Å². The van der Waals surface area contributed by atoms with Gasteiger partial charge >= 0.3 is 6.18 Å². The molecule has 1 saturated heterocycles. The van der Waals surface area contributed by atoms with E-state index in [9.17, 15) is 26.4 Å². The maximum atomic E-state index is 13.3. The SMILES string of the molecule is O=C(CN(c1cccc(C(F)(F)F)c1)S(=O)(=O)c1ccccc1)N/N=C\c1ccc(OC2CSC2)cc1. The van der Waals surface area contributed by atoms with Gasteiger partial charge in [0.05, 0.1) is 22.4 Å². The van der Waals surface area contributed by atoms with Crippen LogP contribution in [0.1, 0.15) is 11.1 Å². The number of amides is 1. The number of sulfonamides is 1. The normalized spacial score (nSPS) is 14.2. The van der Waals surface area contributed by atoms with Gasteiger partial charge in [0, 0.05) is 11.5 Å². The number of benzene rings is 3. The summed E-state index contributed by atoms with van der Waals surface area (Å²) in [5.41, 5.74) is 1.54. The van der Waals surface area contributed by atoms with Crippen molar-refractivity contribution in [3.8, 4) is 5.75 Å². The molecule has 7 nitrogen and oxygen atoms in total. The third-order valence-electron chi connectivity index (χ3n) is 5.27. The van der Waals surface area contributed by atoms with Crippen molar-refractivity contribution < 1.29 is 31.1 Å². The second-order valence-electron chi connectivity index (χ2n) is 8.01. The first kappa shape index (κ1) is 26.6. The molecule has 1 fully saturated rings. The average molecular weight is 550 g/mol. The Balaban J connectivity index is 1.49. The van der Waals surface area contributed by atoms with E-state index >= 15 is 0 Å². The molecule has 3 aromatic carbocycles. The average Bonchev–Trinajstić information content (AvgIpc) is 2.85. The van der Waals surface area contributed by atoms with Crippen LogP contribution in [0.2, 0.25) is 0 Å². The van der Waals surface area contributed by atoms with Gasteiger partial charge in [0.1, 0.15) is 18.4 Å². The number of nitrogens with zero attached hydrogens (tertiary/aromatic N) is 2. The number of ether oxygens (including phenoxy) is 1. The second-order valence-corrected chi connectivity index (χ2v) is 10.9. The van der Waals surface area contributed by atoms with Crippen LogP contribution in [0.25, 0.3) is 0 Å². The molecule has 4 rings (SSSR count). The second kappa shape index (κ2) is 11.3. The van der Waals surface area contributed by atoms with Gasteiger partial charge < -0.3 is 4.74 Å². The Bertz CT molecular complexity index is 1360. The van der Waals surface area contributed by atoms with Gasteiger partial charge in [-0.1, -0.05) is 24.3 Å². The molecule has 3 aromatic rings. The molecule has 1 amide bonds. The molecule has 0 atom stereocenters. The highest BCUT2D eigenvalue weighted by atomic mass is 32.2. The van der Waals surface area contributed by atoms with E-state index < -0.39 is 34.2 Å². The Morgan fingerprint density at radius 3 is 2.38 bits per heavy atom. The van der Waals surface area contributed by atoms with Crippen LogP contribution in [0.3, 0.4) is 0 Å². The van der Waals surface area contributed by atoms with Gasteiger partial charge in [-0.15, -0.1) is 0 Å². The highest BCUT2D eigenvalue weighted by Crippen LogP contribution is 2.33. The monoisotopic (exact) mass is 549 g/mol. The molecule has 1 heterocycles. The van der Waals surface area contributed by atoms with Crippen molar-refractivity contribution in [3.63, 3.8) is 0 Å². The third-order valence-corrected chi connectivity index (χ3v) is 8.28. The predicted octanol–water partition coefficient (Wildman–Crippen LogP) is 4.55. The lowest BCUT2D eigenvalue weighted by atomic mass is 10.2. The van der Waals surface area contributed by atoms with Gasteiger partial charge in [-0.2, -0.15) is 30.0 Å². The molecule has 0 aliphatic carbocycles. The molecule has 0 aromatic heterocycles. The van der Waals surface area contributed by atoms with E-state index in [0.717, 1.165) is 23.6 Å². The number of hydrogen-bond donors (Lipinski definition) is 1. The number of hydrazone groups is 1. The van der Waals surface area contributed by atoms with E-state index in [1.165, 1.54) is 36.5 Å². The fraction of sp³-hybridized carbons (Fsp3) is 0.200. The van der Waals surface area contributed by atoms with Gasteiger partial charge in [0.2, 0.25) is 0 Å². The van der Waals surface area contributed by atoms with Gasteiger partial charge in [-0.05, 0) is 60.2 Å². The van der Waals surface area contributed by atoms with Crippen molar-refractivity contribution in [1.82, 2.24) is 5.43 Å². The lowest BCUT2D eigenvalue weighted by Gasteiger charge is -2.25. The molecule has 37 heavy (non-hydrogen) atoms. The largest absolute Gasteiger partial charge is 0.489 e. The number of thioether (sulfide) groups is 1. The Hall–Kier alpha value is -3.51. The van der Waals surface area contributed by atoms with Crippen molar-refractivity contribution in [2.24, 2.45) is 5.10 Å². The first-order chi connectivity index (χ1) is 17.6. The van der Waals surface area contributed by atoms with Crippen LogP contribution < -0.4 is 14.5 Å². The maximum absolute atomic E-state index is 13.3. The van der Waals surface area contributed by atoms with Crippen molar-refractivity contribution in [3.05, 3.63) is 90.0 Å². The van der Waals surface area contributed by atoms with Crippen LogP contribution in [0, 0.1) is 0 Å². The summed E-state index contributed by atoms with van der Waals surface area (Å²) in [5, 5.41) is 3.85. The Morgan fingerprint density at radius 1 is 1.05 bits per heavy atom. The van der Waals surface area contributed by atoms with Gasteiger partial charge in [-0.25, -0.2) is 13.8 Å². The molecule has 1 aliphatic rings. The Morgan fingerprint density at radius 2 is 1.76 bits per heavy atom. The maximum Gasteiger partial charge on any atom is 0.416 e. The summed E-state index contributed by atoms with van der Waals surface area (Å²) in [4.78, 5) is 12.4. The molecular formula is C25H22F3N3O4S2. The minimum Gasteiger partial charge on any atom is -0.489 e. The van der Waals surface area contributed by atoms with Gasteiger partial charge in [0.25, 0.3) is 15.9 Å². The van der Waals surface area contributed by atoms with Crippen molar-refractivity contribution >= 4 is 39.6 Å². The van der Waals surface area contributed by atoms with Crippen LogP contribution in [0.4, 0.5) is 18.9 Å². The van der Waals surface area contributed by atoms with Crippen molar-refractivity contribution in [2.45, 2.75) is 17.2 Å². The smallest absolute Gasteiger partial charge is 0.416 e. The molecule has 1 aliphatic heterocycles. The lowest BCUT2D eigenvalue weighted by Crippen LogP contribution is -2.39. The zero-order valence-electron chi connectivity index (χ0n) is 19.3. The third kappa shape index (κ3) is 6.83. The number of carbonyl (C=O) groups excluding carboxylic acids is 1. The molecule has 1 N–H and O–H groups in total. The predicted molar refractivity (Wildman–Crippen MR) is 136 cm³/mol. The van der Waals surface area contributed by atoms with Crippen LogP contribution in [0.5, 0.6) is 5.75 Å². The molecule has 12 heteroatoms. The first-order valence-corrected chi connectivity index (χ1v) is 13.6. The van der Waals surface area contributed by atoms with E-state index in [2.05, 4.69) is 10.5 Å². The lowest BCUT2D eigenvalue weighted by molar-refractivity contribution is -0.137. The van der Waals surface area contributed by atoms with E-state index in [4.69, 9.17) is 4.74 Å². The molecule has 0 spiro atoms. The first-order valence-electron chi connectivity index (χ1n) is 11.0. The number of alkyl halides is 3. The van der Waals surface area contributed by atoms with Gasteiger partial charge in [0.15, 0.2) is 0 Å². The fourth-order valence-corrected chi connectivity index (χ4v) is 5.32. The Labute approximate surface area is 216 Å². The standard InChI is InChI=1S/C25H22F3N3O4S2/c26-25(27,28)19-5-4-6-20(13-19)31(37(33,34)23-7-2-1-3-8-23)15-24(32)30-29-14-18-9-11-21(12-10-18)35-22-16-36-17-22/h1-14,22H,15-17H2,(H,30,32)/b29-14-. The number of hydrogen-bond acceptors (Lipinski definition) is 6. The topological polar surface area (TPSA) is 88.1 Å². The quantitative estimate of drug-likeness (QED) is 0.313. The van der Waals surface area contributed by atoms with Crippen molar-refractivity contribution in [2.75, 3.05) is 22.4 Å². The summed E-state index contributed by atoms with van der Waals surface area (Å²) in [6.07, 6.45) is -3.13. The zero-order valence-corrected chi connectivity index (χ0v) is 20.9. The van der Waals surface area contributed by atoms with Crippen LogP contribution >= 0.6 is 11.8 Å². The fourth-order valence-electron chi connectivity index (χ4n) is 3.32. The molecule has 0 radical (unpaired) electrons. The number of carbonyl (C=O) groups is 1. The molecule has 194 valence electrons. The minimum absolute atomic E-state index is 0.175. The molecular weight excluding hydrogens is 527 g/mol. The number of nitrogens with one attached hydrogen (secondary N) is 1. The van der Waals surface area contributed by atoms with Crippen LogP contribution in [-0.2, 0) is 21.0 Å². The minimum atomic E-state index is -4.69. The van der Waals surface area contributed by atoms with E-state index in [0.29, 0.717) is 21.7 Å². The highest BCUT2D eigenvalue weighted by molar-refractivity contribution is 8.00. The van der Waals surface area contributed by atoms with E-state index in [1.807, 2.05) is 11.8 Å². The molecule has 0 saturated carbocycles. The summed E-state index contributed by atoms with van der Waals surface area (Å²) >= 11 is 1.81. The summed E-state index contributed by atoms with van der Waals surface area (Å²) in [5.74, 6) is 1.78. The summed E-state index contributed by atoms with van der Waals surface area (Å²) in [7, 11) is -4.36. The summed E-state index contributed by atoms with van der Waals surface area (Å²) in [6.45, 7) is -0.790. The van der Waals surface area contributed by atoms with Crippen LogP contribution in [-0.4, -0.2) is 44.7 Å². The molecule has 0 unspecified atom stereocenters. The van der Waals surface area contributed by atoms with Gasteiger partial charge in [-0.3, -0.25) is 9.10 Å². The van der Waals surface area contributed by atoms with Crippen molar-refractivity contribution in [1.29, 1.82) is 0 Å². The summed E-state index contributed by atoms with van der Waals surface area (Å²) in [6, 6.07) is 17.9. The summed E-state index contributed by atoms with van der Waals surface area (Å²) < 4.78 is 72.7. The number of rotatable bonds is 9. The van der Waals surface area contributed by atoms with Crippen LogP contribution in [0.15, 0.2) is 88.9 Å². The van der Waals surface area contributed by atoms with E-state index in [1.54, 1.807) is 30.3 Å². The zero-order chi connectivity index (χ0) is 26.5. The Kier molecular flexibility index (Phi) is 8.08.